The van der Waals surface area contributed by atoms with Gasteiger partial charge in [0.15, 0.2) is 0 Å². The molecule has 0 spiro atoms. The molecule has 3 heteroatoms. The highest BCUT2D eigenvalue weighted by Gasteiger charge is 2.18. The molecule has 1 aromatic heterocycles. The smallest absolute Gasteiger partial charge is 0.104 e. The van der Waals surface area contributed by atoms with Crippen molar-refractivity contribution in [2.75, 3.05) is 6.61 Å². The van der Waals surface area contributed by atoms with Gasteiger partial charge in [0.1, 0.15) is 6.61 Å². The molecule has 1 aliphatic carbocycles. The molecular formula is C15H20O2S. The summed E-state index contributed by atoms with van der Waals surface area (Å²) in [6.07, 6.45) is 5.42. The van der Waals surface area contributed by atoms with Crippen LogP contribution in [0.1, 0.15) is 43.0 Å². The number of rotatable bonds is 3. The Labute approximate surface area is 113 Å². The average molecular weight is 264 g/mol. The number of ether oxygens (including phenoxy) is 1. The Morgan fingerprint density at radius 3 is 2.89 bits per heavy atom. The summed E-state index contributed by atoms with van der Waals surface area (Å²) in [4.78, 5) is 1.22. The van der Waals surface area contributed by atoms with E-state index in [1.165, 1.54) is 30.6 Å². The molecule has 0 radical (unpaired) electrons. The predicted molar refractivity (Wildman–Crippen MR) is 74.5 cm³/mol. The summed E-state index contributed by atoms with van der Waals surface area (Å²) in [5.74, 6) is 6.44. The van der Waals surface area contributed by atoms with Gasteiger partial charge in [-0.25, -0.2) is 0 Å². The van der Waals surface area contributed by atoms with E-state index in [-0.39, 0.29) is 6.61 Å². The van der Waals surface area contributed by atoms with Crippen molar-refractivity contribution in [2.45, 2.75) is 45.3 Å². The Balaban J connectivity index is 1.78. The molecular weight excluding hydrogens is 244 g/mol. The molecule has 98 valence electrons. The molecule has 1 N–H and O–H groups in total. The summed E-state index contributed by atoms with van der Waals surface area (Å²) in [5.41, 5.74) is 0.977. The van der Waals surface area contributed by atoms with Gasteiger partial charge in [0.25, 0.3) is 0 Å². The first-order chi connectivity index (χ1) is 8.78. The number of aliphatic hydroxyl groups excluding tert-OH is 1. The maximum absolute atomic E-state index is 8.63. The Kier molecular flexibility index (Phi) is 5.25. The SMILES string of the molecule is CC1CCC(OCc2cc(C#CCO)cs2)CC1. The van der Waals surface area contributed by atoms with E-state index < -0.39 is 0 Å². The molecule has 0 unspecified atom stereocenters. The molecule has 0 amide bonds. The van der Waals surface area contributed by atoms with Gasteiger partial charge < -0.3 is 9.84 Å². The first kappa shape index (κ1) is 13.6. The van der Waals surface area contributed by atoms with Crippen molar-refractivity contribution in [1.82, 2.24) is 0 Å². The summed E-state index contributed by atoms with van der Waals surface area (Å²) in [6, 6.07) is 2.05. The van der Waals surface area contributed by atoms with Gasteiger partial charge in [0, 0.05) is 15.8 Å². The number of aliphatic hydroxyl groups is 1. The lowest BCUT2D eigenvalue weighted by Gasteiger charge is -2.26. The lowest BCUT2D eigenvalue weighted by atomic mass is 9.89. The first-order valence-corrected chi connectivity index (χ1v) is 7.44. The molecule has 1 saturated carbocycles. The molecule has 0 atom stereocenters. The molecule has 2 rings (SSSR count). The summed E-state index contributed by atoms with van der Waals surface area (Å²) in [5, 5.41) is 10.7. The molecule has 1 aliphatic rings. The zero-order valence-electron chi connectivity index (χ0n) is 10.8. The van der Waals surface area contributed by atoms with E-state index in [0.29, 0.717) is 12.7 Å². The van der Waals surface area contributed by atoms with E-state index in [9.17, 15) is 0 Å². The highest BCUT2D eigenvalue weighted by Crippen LogP contribution is 2.26. The third kappa shape index (κ3) is 4.13. The van der Waals surface area contributed by atoms with Crippen LogP contribution < -0.4 is 0 Å². The van der Waals surface area contributed by atoms with Crippen LogP contribution in [-0.4, -0.2) is 17.8 Å². The summed E-state index contributed by atoms with van der Waals surface area (Å²) < 4.78 is 5.95. The Morgan fingerprint density at radius 2 is 2.17 bits per heavy atom. The number of hydrogen-bond acceptors (Lipinski definition) is 3. The van der Waals surface area contributed by atoms with Crippen molar-refractivity contribution < 1.29 is 9.84 Å². The Bertz CT molecular complexity index is 419. The fourth-order valence-corrected chi connectivity index (χ4v) is 3.00. The predicted octanol–water partition coefficient (Wildman–Crippen LogP) is 3.19. The lowest BCUT2D eigenvalue weighted by molar-refractivity contribution is 0.0100. The molecule has 1 fully saturated rings. The van der Waals surface area contributed by atoms with Crippen molar-refractivity contribution in [3.05, 3.63) is 21.9 Å². The highest BCUT2D eigenvalue weighted by molar-refractivity contribution is 7.10. The second-order valence-corrected chi connectivity index (χ2v) is 5.95. The average Bonchev–Trinajstić information content (AvgIpc) is 2.84. The molecule has 0 saturated heterocycles. The van der Waals surface area contributed by atoms with Gasteiger partial charge in [-0.15, -0.1) is 11.3 Å². The highest BCUT2D eigenvalue weighted by atomic mass is 32.1. The van der Waals surface area contributed by atoms with Crippen LogP contribution in [-0.2, 0) is 11.3 Å². The quantitative estimate of drug-likeness (QED) is 0.850. The molecule has 2 nitrogen and oxygen atoms in total. The fraction of sp³-hybridized carbons (Fsp3) is 0.600. The van der Waals surface area contributed by atoms with Crippen LogP contribution >= 0.6 is 11.3 Å². The largest absolute Gasteiger partial charge is 0.384 e. The number of thiophene rings is 1. The molecule has 0 bridgehead atoms. The van der Waals surface area contributed by atoms with Crippen LogP contribution in [0.4, 0.5) is 0 Å². The molecule has 1 heterocycles. The maximum Gasteiger partial charge on any atom is 0.104 e. The molecule has 0 aliphatic heterocycles. The van der Waals surface area contributed by atoms with Crippen molar-refractivity contribution in [2.24, 2.45) is 5.92 Å². The standard InChI is InChI=1S/C15H20O2S/c1-12-4-6-14(7-5-12)17-10-15-9-13(11-18-15)3-2-8-16/h9,11-12,14,16H,4-8,10H2,1H3. The van der Waals surface area contributed by atoms with Crippen LogP contribution in [0, 0.1) is 17.8 Å². The second kappa shape index (κ2) is 6.94. The van der Waals surface area contributed by atoms with Crippen molar-refractivity contribution in [3.63, 3.8) is 0 Å². The molecule has 0 aromatic carbocycles. The van der Waals surface area contributed by atoms with E-state index >= 15 is 0 Å². The maximum atomic E-state index is 8.63. The third-order valence-corrected chi connectivity index (χ3v) is 4.30. The van der Waals surface area contributed by atoms with Crippen molar-refractivity contribution in [1.29, 1.82) is 0 Å². The zero-order chi connectivity index (χ0) is 12.8. The van der Waals surface area contributed by atoms with Gasteiger partial charge in [-0.3, -0.25) is 0 Å². The van der Waals surface area contributed by atoms with Crippen molar-refractivity contribution in [3.8, 4) is 11.8 Å². The van der Waals surface area contributed by atoms with Gasteiger partial charge in [0.05, 0.1) is 12.7 Å². The monoisotopic (exact) mass is 264 g/mol. The molecule has 18 heavy (non-hydrogen) atoms. The van der Waals surface area contributed by atoms with Gasteiger partial charge in [-0.1, -0.05) is 18.8 Å². The van der Waals surface area contributed by atoms with Crippen LogP contribution in [0.3, 0.4) is 0 Å². The van der Waals surface area contributed by atoms with E-state index in [1.54, 1.807) is 11.3 Å². The minimum absolute atomic E-state index is 0.0814. The first-order valence-electron chi connectivity index (χ1n) is 6.56. The number of hydrogen-bond donors (Lipinski definition) is 1. The van der Waals surface area contributed by atoms with Gasteiger partial charge >= 0.3 is 0 Å². The summed E-state index contributed by atoms with van der Waals surface area (Å²) in [7, 11) is 0. The minimum Gasteiger partial charge on any atom is -0.384 e. The topological polar surface area (TPSA) is 29.5 Å². The van der Waals surface area contributed by atoms with Gasteiger partial charge in [-0.05, 0) is 37.7 Å². The zero-order valence-corrected chi connectivity index (χ0v) is 11.6. The van der Waals surface area contributed by atoms with E-state index in [2.05, 4.69) is 24.8 Å². The summed E-state index contributed by atoms with van der Waals surface area (Å²) in [6.45, 7) is 2.94. The van der Waals surface area contributed by atoms with Gasteiger partial charge in [-0.2, -0.15) is 0 Å². The lowest BCUT2D eigenvalue weighted by Crippen LogP contribution is -2.20. The van der Waals surface area contributed by atoms with Crippen LogP contribution in [0.2, 0.25) is 0 Å². The molecule has 1 aromatic rings. The Hall–Kier alpha value is -0.820. The van der Waals surface area contributed by atoms with Gasteiger partial charge in [0.2, 0.25) is 0 Å². The third-order valence-electron chi connectivity index (χ3n) is 3.39. The van der Waals surface area contributed by atoms with E-state index in [1.807, 2.05) is 5.38 Å². The summed E-state index contributed by atoms with van der Waals surface area (Å²) >= 11 is 1.68. The second-order valence-electron chi connectivity index (χ2n) is 4.95. The fourth-order valence-electron chi connectivity index (χ4n) is 2.26. The van der Waals surface area contributed by atoms with Crippen LogP contribution in [0.15, 0.2) is 11.4 Å². The van der Waals surface area contributed by atoms with Crippen LogP contribution in [0.25, 0.3) is 0 Å². The van der Waals surface area contributed by atoms with Crippen molar-refractivity contribution >= 4 is 11.3 Å². The van der Waals surface area contributed by atoms with E-state index in [4.69, 9.17) is 9.84 Å². The van der Waals surface area contributed by atoms with E-state index in [0.717, 1.165) is 11.5 Å². The Morgan fingerprint density at radius 1 is 1.39 bits per heavy atom. The normalized spacial score (nSPS) is 23.4. The minimum atomic E-state index is -0.0814. The van der Waals surface area contributed by atoms with Crippen LogP contribution in [0.5, 0.6) is 0 Å².